The normalized spacial score (nSPS) is 18.6. The summed E-state index contributed by atoms with van der Waals surface area (Å²) in [6.45, 7) is 1.43. The van der Waals surface area contributed by atoms with Crippen molar-refractivity contribution in [1.82, 2.24) is 5.32 Å². The van der Waals surface area contributed by atoms with Crippen molar-refractivity contribution in [1.29, 1.82) is 0 Å². The van der Waals surface area contributed by atoms with Crippen LogP contribution in [0.25, 0.3) is 0 Å². The predicted molar refractivity (Wildman–Crippen MR) is 130 cm³/mol. The van der Waals surface area contributed by atoms with E-state index in [1.54, 1.807) is 6.07 Å². The topological polar surface area (TPSA) is 32.3 Å². The standard InChI is InChI=1S/C25H23Cl3N2O/c26-19-7-10-21(11-8-19)30-16-17(15-29-25(31)18-4-2-1-3-5-18)6-13-24(30)22-12-9-20(27)14-23(22)28/h1-5,7-12,14,17,24H,6,13,15-16H2,(H,29,31)/t17-,24?/m1/s1. The second kappa shape index (κ2) is 9.95. The summed E-state index contributed by atoms with van der Waals surface area (Å²) in [6.07, 6.45) is 1.92. The molecule has 0 saturated carbocycles. The SMILES string of the molecule is O=C(NC[C@H]1CCC(c2ccc(Cl)cc2Cl)N(c2ccc(Cl)cc2)C1)c1ccccc1. The minimum Gasteiger partial charge on any atom is -0.364 e. The van der Waals surface area contributed by atoms with E-state index >= 15 is 0 Å². The highest BCUT2D eigenvalue weighted by Gasteiger charge is 2.31. The molecule has 0 radical (unpaired) electrons. The molecule has 3 aromatic rings. The number of amides is 1. The maximum Gasteiger partial charge on any atom is 0.251 e. The average molecular weight is 474 g/mol. The molecule has 3 nitrogen and oxygen atoms in total. The zero-order valence-corrected chi connectivity index (χ0v) is 19.2. The van der Waals surface area contributed by atoms with Crippen LogP contribution < -0.4 is 10.2 Å². The summed E-state index contributed by atoms with van der Waals surface area (Å²) in [4.78, 5) is 14.8. The molecule has 1 fully saturated rings. The van der Waals surface area contributed by atoms with Crippen LogP contribution in [-0.4, -0.2) is 19.0 Å². The number of halogens is 3. The first-order valence-electron chi connectivity index (χ1n) is 10.3. The Morgan fingerprint density at radius 3 is 2.32 bits per heavy atom. The Balaban J connectivity index is 1.52. The molecular formula is C25H23Cl3N2O. The Labute approximate surface area is 197 Å². The van der Waals surface area contributed by atoms with Crippen molar-refractivity contribution in [3.8, 4) is 0 Å². The van der Waals surface area contributed by atoms with Gasteiger partial charge in [0.25, 0.3) is 5.91 Å². The molecule has 31 heavy (non-hydrogen) atoms. The number of benzene rings is 3. The Morgan fingerprint density at radius 2 is 1.61 bits per heavy atom. The molecule has 2 atom stereocenters. The van der Waals surface area contributed by atoms with E-state index in [0.717, 1.165) is 30.6 Å². The molecule has 1 saturated heterocycles. The molecule has 160 valence electrons. The maximum atomic E-state index is 12.5. The van der Waals surface area contributed by atoms with Crippen molar-refractivity contribution in [2.24, 2.45) is 5.92 Å². The van der Waals surface area contributed by atoms with Crippen molar-refractivity contribution in [3.63, 3.8) is 0 Å². The van der Waals surface area contributed by atoms with Crippen LogP contribution in [-0.2, 0) is 0 Å². The van der Waals surface area contributed by atoms with Crippen molar-refractivity contribution in [3.05, 3.63) is 99.0 Å². The third-order valence-corrected chi connectivity index (χ3v) is 6.56. The Morgan fingerprint density at radius 1 is 0.903 bits per heavy atom. The molecule has 1 N–H and O–H groups in total. The Bertz CT molecular complexity index is 1040. The lowest BCUT2D eigenvalue weighted by atomic mass is 9.88. The first-order chi connectivity index (χ1) is 15.0. The number of hydrogen-bond acceptors (Lipinski definition) is 2. The van der Waals surface area contributed by atoms with Gasteiger partial charge in [0.05, 0.1) is 6.04 Å². The second-order valence-electron chi connectivity index (χ2n) is 7.83. The fourth-order valence-corrected chi connectivity index (χ4v) is 4.81. The maximum absolute atomic E-state index is 12.5. The molecule has 0 spiro atoms. The number of rotatable bonds is 5. The average Bonchev–Trinajstić information content (AvgIpc) is 2.79. The fraction of sp³-hybridized carbons (Fsp3) is 0.240. The van der Waals surface area contributed by atoms with E-state index < -0.39 is 0 Å². The van der Waals surface area contributed by atoms with Gasteiger partial charge in [-0.3, -0.25) is 4.79 Å². The quantitative estimate of drug-likeness (QED) is 0.431. The molecular weight excluding hydrogens is 451 g/mol. The summed E-state index contributed by atoms with van der Waals surface area (Å²) in [6, 6.07) is 23.0. The van der Waals surface area contributed by atoms with Crippen LogP contribution >= 0.6 is 34.8 Å². The molecule has 1 unspecified atom stereocenters. The lowest BCUT2D eigenvalue weighted by molar-refractivity contribution is 0.0945. The van der Waals surface area contributed by atoms with Gasteiger partial charge in [-0.05, 0) is 72.9 Å². The highest BCUT2D eigenvalue weighted by molar-refractivity contribution is 6.35. The highest BCUT2D eigenvalue weighted by atomic mass is 35.5. The van der Waals surface area contributed by atoms with E-state index in [2.05, 4.69) is 10.2 Å². The number of carbonyl (C=O) groups excluding carboxylic acids is 1. The lowest BCUT2D eigenvalue weighted by Gasteiger charge is -2.42. The van der Waals surface area contributed by atoms with E-state index in [1.165, 1.54) is 0 Å². The molecule has 1 aliphatic heterocycles. The summed E-state index contributed by atoms with van der Waals surface area (Å²) in [7, 11) is 0. The van der Waals surface area contributed by atoms with Crippen molar-refractivity contribution >= 4 is 46.4 Å². The van der Waals surface area contributed by atoms with E-state index in [9.17, 15) is 4.79 Å². The molecule has 1 amide bonds. The summed E-state index contributed by atoms with van der Waals surface area (Å²) < 4.78 is 0. The number of nitrogens with zero attached hydrogens (tertiary/aromatic N) is 1. The Kier molecular flexibility index (Phi) is 7.06. The van der Waals surface area contributed by atoms with Gasteiger partial charge >= 0.3 is 0 Å². The first-order valence-corrected chi connectivity index (χ1v) is 11.4. The lowest BCUT2D eigenvalue weighted by Crippen LogP contribution is -2.42. The van der Waals surface area contributed by atoms with Crippen LogP contribution in [0.3, 0.4) is 0 Å². The monoisotopic (exact) mass is 472 g/mol. The van der Waals surface area contributed by atoms with Crippen LogP contribution in [0.4, 0.5) is 5.69 Å². The molecule has 1 aliphatic rings. The Hall–Kier alpha value is -2.20. The first kappa shape index (κ1) is 22.0. The minimum absolute atomic E-state index is 0.0403. The van der Waals surface area contributed by atoms with Gasteiger partial charge in [0.2, 0.25) is 0 Å². The third kappa shape index (κ3) is 5.35. The van der Waals surface area contributed by atoms with Gasteiger partial charge < -0.3 is 10.2 Å². The van der Waals surface area contributed by atoms with Crippen LogP contribution in [0.5, 0.6) is 0 Å². The third-order valence-electron chi connectivity index (χ3n) is 5.75. The molecule has 0 bridgehead atoms. The molecule has 6 heteroatoms. The summed E-state index contributed by atoms with van der Waals surface area (Å²) in [5, 5.41) is 5.10. The fourth-order valence-electron chi connectivity index (χ4n) is 4.15. The van der Waals surface area contributed by atoms with Crippen LogP contribution in [0.2, 0.25) is 15.1 Å². The number of carbonyl (C=O) groups is 1. The van der Waals surface area contributed by atoms with Crippen LogP contribution in [0.1, 0.15) is 34.8 Å². The number of piperidine rings is 1. The highest BCUT2D eigenvalue weighted by Crippen LogP contribution is 2.40. The van der Waals surface area contributed by atoms with Crippen molar-refractivity contribution in [2.45, 2.75) is 18.9 Å². The van der Waals surface area contributed by atoms with Gasteiger partial charge in [-0.25, -0.2) is 0 Å². The minimum atomic E-state index is -0.0403. The number of anilines is 1. The van der Waals surface area contributed by atoms with Crippen molar-refractivity contribution in [2.75, 3.05) is 18.0 Å². The summed E-state index contributed by atoms with van der Waals surface area (Å²) in [5.41, 5.74) is 2.82. The molecule has 0 aliphatic carbocycles. The number of nitrogens with one attached hydrogen (secondary N) is 1. The predicted octanol–water partition coefficient (Wildman–Crippen LogP) is 7.03. The molecule has 4 rings (SSSR count). The summed E-state index contributed by atoms with van der Waals surface area (Å²) >= 11 is 18.8. The molecule has 0 aromatic heterocycles. The second-order valence-corrected chi connectivity index (χ2v) is 9.11. The van der Waals surface area contributed by atoms with Gasteiger partial charge in [-0.15, -0.1) is 0 Å². The van der Waals surface area contributed by atoms with Gasteiger partial charge in [0.15, 0.2) is 0 Å². The largest absolute Gasteiger partial charge is 0.364 e. The molecule has 1 heterocycles. The van der Waals surface area contributed by atoms with E-state index in [0.29, 0.717) is 33.1 Å². The van der Waals surface area contributed by atoms with Gasteiger partial charge in [-0.1, -0.05) is 59.1 Å². The zero-order chi connectivity index (χ0) is 21.8. The smallest absolute Gasteiger partial charge is 0.251 e. The van der Waals surface area contributed by atoms with E-state index in [4.69, 9.17) is 34.8 Å². The van der Waals surface area contributed by atoms with Gasteiger partial charge in [-0.2, -0.15) is 0 Å². The van der Waals surface area contributed by atoms with Crippen molar-refractivity contribution < 1.29 is 4.79 Å². The van der Waals surface area contributed by atoms with Crippen LogP contribution in [0.15, 0.2) is 72.8 Å². The summed E-state index contributed by atoms with van der Waals surface area (Å²) in [5.74, 6) is 0.284. The molecule has 3 aromatic carbocycles. The van der Waals surface area contributed by atoms with Gasteiger partial charge in [0.1, 0.15) is 0 Å². The van der Waals surface area contributed by atoms with Crippen LogP contribution in [0, 0.1) is 5.92 Å². The zero-order valence-electron chi connectivity index (χ0n) is 16.9. The van der Waals surface area contributed by atoms with E-state index in [1.807, 2.05) is 66.7 Å². The number of hydrogen-bond donors (Lipinski definition) is 1. The van der Waals surface area contributed by atoms with E-state index in [-0.39, 0.29) is 11.9 Å². The van der Waals surface area contributed by atoms with Gasteiger partial charge in [0, 0.05) is 39.4 Å².